The molecular formula is C10H13N3OS. The van der Waals surface area contributed by atoms with Gasteiger partial charge in [-0.2, -0.15) is 0 Å². The van der Waals surface area contributed by atoms with Crippen LogP contribution in [0.3, 0.4) is 0 Å². The van der Waals surface area contributed by atoms with E-state index in [0.717, 1.165) is 6.42 Å². The summed E-state index contributed by atoms with van der Waals surface area (Å²) in [4.78, 5) is 1.29. The Morgan fingerprint density at radius 2 is 2.40 bits per heavy atom. The zero-order chi connectivity index (χ0) is 10.7. The van der Waals surface area contributed by atoms with Crippen LogP contribution in [0.4, 0.5) is 0 Å². The number of hydrogen-bond acceptors (Lipinski definition) is 5. The number of thiophene rings is 1. The summed E-state index contributed by atoms with van der Waals surface area (Å²) in [5, 5.41) is 9.88. The maximum absolute atomic E-state index is 5.71. The highest BCUT2D eigenvalue weighted by atomic mass is 32.1. The quantitative estimate of drug-likeness (QED) is 0.857. The van der Waals surface area contributed by atoms with E-state index >= 15 is 0 Å². The standard InChI is InChI=1S/C10H13N3OS/c1-7-12-13-10(14-7)8(6-11)5-9-3-2-4-15-9/h2-4,8H,5-6,11H2,1H3. The lowest BCUT2D eigenvalue weighted by Gasteiger charge is -2.07. The molecule has 0 saturated carbocycles. The highest BCUT2D eigenvalue weighted by Gasteiger charge is 2.17. The molecular weight excluding hydrogens is 210 g/mol. The van der Waals surface area contributed by atoms with Gasteiger partial charge in [0, 0.05) is 18.3 Å². The van der Waals surface area contributed by atoms with Crippen molar-refractivity contribution < 1.29 is 4.42 Å². The predicted molar refractivity (Wildman–Crippen MR) is 58.9 cm³/mol. The summed E-state index contributed by atoms with van der Waals surface area (Å²) in [5.74, 6) is 1.36. The molecule has 2 aromatic heterocycles. The van der Waals surface area contributed by atoms with Gasteiger partial charge in [-0.1, -0.05) is 6.07 Å². The monoisotopic (exact) mass is 223 g/mol. The molecule has 0 radical (unpaired) electrons. The highest BCUT2D eigenvalue weighted by Crippen LogP contribution is 2.21. The van der Waals surface area contributed by atoms with Gasteiger partial charge in [0.2, 0.25) is 11.8 Å². The molecule has 1 unspecified atom stereocenters. The summed E-state index contributed by atoms with van der Waals surface area (Å²) >= 11 is 1.72. The Hall–Kier alpha value is -1.20. The van der Waals surface area contributed by atoms with Crippen molar-refractivity contribution in [3.05, 3.63) is 34.2 Å². The van der Waals surface area contributed by atoms with Crippen LogP contribution in [0.1, 0.15) is 22.6 Å². The second-order valence-electron chi connectivity index (χ2n) is 3.38. The molecule has 0 spiro atoms. The highest BCUT2D eigenvalue weighted by molar-refractivity contribution is 7.09. The lowest BCUT2D eigenvalue weighted by molar-refractivity contribution is 0.428. The summed E-state index contributed by atoms with van der Waals surface area (Å²) < 4.78 is 5.39. The zero-order valence-electron chi connectivity index (χ0n) is 8.51. The molecule has 0 aliphatic carbocycles. The first-order chi connectivity index (χ1) is 7.29. The summed E-state index contributed by atoms with van der Waals surface area (Å²) in [7, 11) is 0. The predicted octanol–water partition coefficient (Wildman–Crippen LogP) is 1.72. The summed E-state index contributed by atoms with van der Waals surface area (Å²) in [6, 6.07) is 4.13. The molecule has 2 rings (SSSR count). The van der Waals surface area contributed by atoms with Gasteiger partial charge in [-0.25, -0.2) is 0 Å². The van der Waals surface area contributed by atoms with E-state index in [1.54, 1.807) is 18.3 Å². The van der Waals surface area contributed by atoms with Gasteiger partial charge in [0.1, 0.15) is 0 Å². The molecule has 1 atom stereocenters. The van der Waals surface area contributed by atoms with Gasteiger partial charge in [-0.15, -0.1) is 21.5 Å². The van der Waals surface area contributed by atoms with Crippen molar-refractivity contribution in [2.45, 2.75) is 19.3 Å². The molecule has 0 amide bonds. The molecule has 0 saturated heterocycles. The van der Waals surface area contributed by atoms with Gasteiger partial charge >= 0.3 is 0 Å². The maximum atomic E-state index is 5.71. The van der Waals surface area contributed by atoms with Crippen LogP contribution in [0.25, 0.3) is 0 Å². The molecule has 0 fully saturated rings. The Morgan fingerprint density at radius 3 is 2.93 bits per heavy atom. The van der Waals surface area contributed by atoms with Gasteiger partial charge < -0.3 is 10.2 Å². The number of rotatable bonds is 4. The van der Waals surface area contributed by atoms with Crippen molar-refractivity contribution in [1.82, 2.24) is 10.2 Å². The zero-order valence-corrected chi connectivity index (χ0v) is 9.33. The van der Waals surface area contributed by atoms with Gasteiger partial charge in [-0.05, 0) is 17.9 Å². The van der Waals surface area contributed by atoms with Gasteiger partial charge in [-0.3, -0.25) is 0 Å². The van der Waals surface area contributed by atoms with Crippen LogP contribution in [0.2, 0.25) is 0 Å². The first-order valence-corrected chi connectivity index (χ1v) is 5.70. The molecule has 5 heteroatoms. The maximum Gasteiger partial charge on any atom is 0.221 e. The Morgan fingerprint density at radius 1 is 1.53 bits per heavy atom. The average molecular weight is 223 g/mol. The molecule has 2 N–H and O–H groups in total. The lowest BCUT2D eigenvalue weighted by atomic mass is 10.1. The molecule has 0 aromatic carbocycles. The van der Waals surface area contributed by atoms with Crippen molar-refractivity contribution in [2.75, 3.05) is 6.54 Å². The normalized spacial score (nSPS) is 12.9. The Labute approximate surface area is 92.1 Å². The van der Waals surface area contributed by atoms with E-state index < -0.39 is 0 Å². The summed E-state index contributed by atoms with van der Waals surface area (Å²) in [6.07, 6.45) is 0.871. The van der Waals surface area contributed by atoms with Crippen LogP contribution in [-0.2, 0) is 6.42 Å². The fourth-order valence-electron chi connectivity index (χ4n) is 1.42. The summed E-state index contributed by atoms with van der Waals surface area (Å²) in [6.45, 7) is 2.31. The number of aromatic nitrogens is 2. The third-order valence-electron chi connectivity index (χ3n) is 2.20. The van der Waals surface area contributed by atoms with Crippen LogP contribution in [0, 0.1) is 6.92 Å². The molecule has 80 valence electrons. The third kappa shape index (κ3) is 2.43. The van der Waals surface area contributed by atoms with E-state index in [1.807, 2.05) is 6.07 Å². The van der Waals surface area contributed by atoms with Crippen molar-refractivity contribution >= 4 is 11.3 Å². The number of aryl methyl sites for hydroxylation is 1. The molecule has 2 aromatic rings. The lowest BCUT2D eigenvalue weighted by Crippen LogP contribution is -2.15. The second kappa shape index (κ2) is 4.55. The molecule has 0 aliphatic heterocycles. The minimum Gasteiger partial charge on any atom is -0.425 e. The van der Waals surface area contributed by atoms with Crippen molar-refractivity contribution in [1.29, 1.82) is 0 Å². The van der Waals surface area contributed by atoms with Gasteiger partial charge in [0.05, 0.1) is 5.92 Å². The SMILES string of the molecule is Cc1nnc(C(CN)Cc2cccs2)o1. The first-order valence-electron chi connectivity index (χ1n) is 4.82. The van der Waals surface area contributed by atoms with E-state index in [1.165, 1.54) is 4.88 Å². The fraction of sp³-hybridized carbons (Fsp3) is 0.400. The number of hydrogen-bond donors (Lipinski definition) is 1. The van der Waals surface area contributed by atoms with Crippen LogP contribution >= 0.6 is 11.3 Å². The molecule has 0 bridgehead atoms. The van der Waals surface area contributed by atoms with Crippen LogP contribution < -0.4 is 5.73 Å². The fourth-order valence-corrected chi connectivity index (χ4v) is 2.21. The van der Waals surface area contributed by atoms with E-state index in [4.69, 9.17) is 10.2 Å². The van der Waals surface area contributed by atoms with Crippen molar-refractivity contribution in [2.24, 2.45) is 5.73 Å². The topological polar surface area (TPSA) is 64.9 Å². The molecule has 0 aliphatic rings. The van der Waals surface area contributed by atoms with E-state index in [9.17, 15) is 0 Å². The first kappa shape index (κ1) is 10.3. The molecule has 15 heavy (non-hydrogen) atoms. The van der Waals surface area contributed by atoms with Gasteiger partial charge in [0.25, 0.3) is 0 Å². The Kier molecular flexibility index (Phi) is 3.13. The molecule has 4 nitrogen and oxygen atoms in total. The Bertz CT molecular complexity index is 410. The van der Waals surface area contributed by atoms with Crippen LogP contribution in [-0.4, -0.2) is 16.7 Å². The van der Waals surface area contributed by atoms with Gasteiger partial charge in [0.15, 0.2) is 0 Å². The number of nitrogens with zero attached hydrogens (tertiary/aromatic N) is 2. The minimum atomic E-state index is 0.129. The van der Waals surface area contributed by atoms with E-state index in [0.29, 0.717) is 18.3 Å². The van der Waals surface area contributed by atoms with Crippen LogP contribution in [0.5, 0.6) is 0 Å². The average Bonchev–Trinajstić information content (AvgIpc) is 2.85. The summed E-state index contributed by atoms with van der Waals surface area (Å²) in [5.41, 5.74) is 5.71. The van der Waals surface area contributed by atoms with Crippen LogP contribution in [0.15, 0.2) is 21.9 Å². The Balaban J connectivity index is 2.11. The smallest absolute Gasteiger partial charge is 0.221 e. The molecule has 2 heterocycles. The third-order valence-corrected chi connectivity index (χ3v) is 3.10. The van der Waals surface area contributed by atoms with E-state index in [2.05, 4.69) is 21.6 Å². The second-order valence-corrected chi connectivity index (χ2v) is 4.41. The van der Waals surface area contributed by atoms with E-state index in [-0.39, 0.29) is 5.92 Å². The largest absolute Gasteiger partial charge is 0.425 e. The number of nitrogens with two attached hydrogens (primary N) is 1. The minimum absolute atomic E-state index is 0.129. The van der Waals surface area contributed by atoms with Crippen molar-refractivity contribution in [3.63, 3.8) is 0 Å². The van der Waals surface area contributed by atoms with Crippen molar-refractivity contribution in [3.8, 4) is 0 Å².